The van der Waals surface area contributed by atoms with Gasteiger partial charge in [0, 0.05) is 30.5 Å². The van der Waals surface area contributed by atoms with E-state index >= 15 is 0 Å². The zero-order valence-corrected chi connectivity index (χ0v) is 15.7. The summed E-state index contributed by atoms with van der Waals surface area (Å²) in [4.78, 5) is 2.31. The van der Waals surface area contributed by atoms with Crippen LogP contribution in [0.5, 0.6) is 0 Å². The van der Waals surface area contributed by atoms with Crippen molar-refractivity contribution in [3.8, 4) is 0 Å². The zero-order valence-electron chi connectivity index (χ0n) is 15.7. The third kappa shape index (κ3) is 6.29. The summed E-state index contributed by atoms with van der Waals surface area (Å²) in [6, 6.07) is 11.0. The van der Waals surface area contributed by atoms with E-state index < -0.39 is 0 Å². The predicted molar refractivity (Wildman–Crippen MR) is 101 cm³/mol. The minimum Gasteiger partial charge on any atom is -0.392 e. The van der Waals surface area contributed by atoms with E-state index in [-0.39, 0.29) is 11.9 Å². The molecule has 2 aromatic rings. The number of hydrogen-bond acceptors (Lipinski definition) is 2. The summed E-state index contributed by atoms with van der Waals surface area (Å²) in [5.74, 6) is 0.465. The van der Waals surface area contributed by atoms with E-state index in [1.165, 1.54) is 6.07 Å². The molecule has 0 aliphatic heterocycles. The summed E-state index contributed by atoms with van der Waals surface area (Å²) in [5, 5.41) is 10.1. The van der Waals surface area contributed by atoms with Crippen LogP contribution in [0.1, 0.15) is 44.9 Å². The van der Waals surface area contributed by atoms with Crippen LogP contribution in [0.4, 0.5) is 4.39 Å². The molecule has 1 N–H and O–H groups in total. The van der Waals surface area contributed by atoms with Gasteiger partial charge in [0.1, 0.15) is 5.82 Å². The Balaban J connectivity index is 2.08. The van der Waals surface area contributed by atoms with E-state index in [2.05, 4.69) is 29.4 Å². The molecule has 0 aliphatic rings. The number of benzene rings is 1. The highest BCUT2D eigenvalue weighted by molar-refractivity contribution is 5.19. The first-order valence-electron chi connectivity index (χ1n) is 9.27. The molecule has 0 aliphatic carbocycles. The first-order valence-corrected chi connectivity index (χ1v) is 9.27. The maximum Gasteiger partial charge on any atom is 0.128 e. The molecule has 0 radical (unpaired) electrons. The smallest absolute Gasteiger partial charge is 0.128 e. The average Bonchev–Trinajstić information content (AvgIpc) is 3.01. The Morgan fingerprint density at radius 3 is 2.60 bits per heavy atom. The normalized spacial score (nSPS) is 12.9. The molecule has 1 aromatic heterocycles. The van der Waals surface area contributed by atoms with Crippen molar-refractivity contribution in [2.24, 2.45) is 5.92 Å². The first-order chi connectivity index (χ1) is 12.0. The van der Waals surface area contributed by atoms with Gasteiger partial charge in [0.05, 0.1) is 12.6 Å². The molecule has 0 amide bonds. The van der Waals surface area contributed by atoms with E-state index in [1.807, 2.05) is 31.3 Å². The Hall–Kier alpha value is -1.65. The van der Waals surface area contributed by atoms with Crippen LogP contribution in [0, 0.1) is 11.7 Å². The third-order valence-electron chi connectivity index (χ3n) is 4.57. The molecule has 1 heterocycles. The number of aliphatic hydroxyl groups is 1. The standard InChI is InChI=1S/C21H31FN2O/c1-4-20(25)16-23(13-11-17(2)3)15-19-9-7-12-24(19)14-18-8-5-6-10-21(18)22/h5-10,12,17,20,25H,4,11,13-16H2,1-3H3/t20-/m1/s1. The maximum absolute atomic E-state index is 13.9. The fourth-order valence-corrected chi connectivity index (χ4v) is 2.89. The number of rotatable bonds is 10. The van der Waals surface area contributed by atoms with Crippen LogP contribution in [-0.4, -0.2) is 33.8 Å². The van der Waals surface area contributed by atoms with Crippen LogP contribution in [0.15, 0.2) is 42.6 Å². The molecule has 0 fully saturated rings. The monoisotopic (exact) mass is 346 g/mol. The van der Waals surface area contributed by atoms with E-state index in [1.54, 1.807) is 6.07 Å². The summed E-state index contributed by atoms with van der Waals surface area (Å²) >= 11 is 0. The number of aliphatic hydroxyl groups excluding tert-OH is 1. The van der Waals surface area contributed by atoms with Gasteiger partial charge in [-0.1, -0.05) is 39.0 Å². The Morgan fingerprint density at radius 2 is 1.92 bits per heavy atom. The van der Waals surface area contributed by atoms with Crippen LogP contribution < -0.4 is 0 Å². The van der Waals surface area contributed by atoms with Gasteiger partial charge in [0.2, 0.25) is 0 Å². The molecule has 0 unspecified atom stereocenters. The fourth-order valence-electron chi connectivity index (χ4n) is 2.89. The van der Waals surface area contributed by atoms with Crippen LogP contribution in [0.3, 0.4) is 0 Å². The summed E-state index contributed by atoms with van der Waals surface area (Å²) < 4.78 is 16.0. The van der Waals surface area contributed by atoms with Gasteiger partial charge in [-0.15, -0.1) is 0 Å². The van der Waals surface area contributed by atoms with Crippen molar-refractivity contribution >= 4 is 0 Å². The second-order valence-corrected chi connectivity index (χ2v) is 7.20. The second kappa shape index (κ2) is 9.73. The van der Waals surface area contributed by atoms with Crippen LogP contribution in [0.2, 0.25) is 0 Å². The van der Waals surface area contributed by atoms with Gasteiger partial charge in [-0.2, -0.15) is 0 Å². The molecule has 1 atom stereocenters. The summed E-state index contributed by atoms with van der Waals surface area (Å²) in [6.07, 6.45) is 3.56. The van der Waals surface area contributed by atoms with Gasteiger partial charge in [0.25, 0.3) is 0 Å². The van der Waals surface area contributed by atoms with Crippen molar-refractivity contribution in [3.63, 3.8) is 0 Å². The van der Waals surface area contributed by atoms with E-state index in [4.69, 9.17) is 0 Å². The fraction of sp³-hybridized carbons (Fsp3) is 0.524. The van der Waals surface area contributed by atoms with Crippen molar-refractivity contribution in [2.75, 3.05) is 13.1 Å². The van der Waals surface area contributed by atoms with E-state index in [0.29, 0.717) is 24.6 Å². The minimum atomic E-state index is -0.304. The molecule has 138 valence electrons. The maximum atomic E-state index is 13.9. The van der Waals surface area contributed by atoms with Crippen molar-refractivity contribution in [1.29, 1.82) is 0 Å². The van der Waals surface area contributed by atoms with Gasteiger partial charge >= 0.3 is 0 Å². The number of hydrogen-bond donors (Lipinski definition) is 1. The molecule has 0 spiro atoms. The first kappa shape index (κ1) is 19.7. The van der Waals surface area contributed by atoms with Crippen LogP contribution in [-0.2, 0) is 13.1 Å². The lowest BCUT2D eigenvalue weighted by Gasteiger charge is -2.26. The highest BCUT2D eigenvalue weighted by Gasteiger charge is 2.14. The third-order valence-corrected chi connectivity index (χ3v) is 4.57. The van der Waals surface area contributed by atoms with E-state index in [9.17, 15) is 9.50 Å². The van der Waals surface area contributed by atoms with Gasteiger partial charge in [0.15, 0.2) is 0 Å². The van der Waals surface area contributed by atoms with Crippen molar-refractivity contribution in [3.05, 3.63) is 59.7 Å². The number of aromatic nitrogens is 1. The Kier molecular flexibility index (Phi) is 7.66. The largest absolute Gasteiger partial charge is 0.392 e. The molecule has 0 saturated carbocycles. The summed E-state index contributed by atoms with van der Waals surface area (Å²) in [6.45, 7) is 9.37. The highest BCUT2D eigenvalue weighted by atomic mass is 19.1. The number of nitrogens with zero attached hydrogens (tertiary/aromatic N) is 2. The molecule has 0 saturated heterocycles. The molecular formula is C21H31FN2O. The topological polar surface area (TPSA) is 28.4 Å². The Labute approximate surface area is 151 Å². The van der Waals surface area contributed by atoms with Gasteiger partial charge in [-0.05, 0) is 43.5 Å². The Bertz CT molecular complexity index is 638. The highest BCUT2D eigenvalue weighted by Crippen LogP contribution is 2.14. The predicted octanol–water partition coefficient (Wildman–Crippen LogP) is 4.29. The van der Waals surface area contributed by atoms with Gasteiger partial charge in [-0.3, -0.25) is 4.90 Å². The lowest BCUT2D eigenvalue weighted by Crippen LogP contribution is -2.33. The van der Waals surface area contributed by atoms with Crippen molar-refractivity contribution < 1.29 is 9.50 Å². The van der Waals surface area contributed by atoms with E-state index in [0.717, 1.165) is 31.6 Å². The number of halogens is 1. The summed E-state index contributed by atoms with van der Waals surface area (Å²) in [7, 11) is 0. The quantitative estimate of drug-likeness (QED) is 0.695. The summed E-state index contributed by atoms with van der Waals surface area (Å²) in [5.41, 5.74) is 1.84. The average molecular weight is 346 g/mol. The molecule has 0 bridgehead atoms. The van der Waals surface area contributed by atoms with Gasteiger partial charge < -0.3 is 9.67 Å². The van der Waals surface area contributed by atoms with Crippen molar-refractivity contribution in [2.45, 2.75) is 52.8 Å². The van der Waals surface area contributed by atoms with Crippen LogP contribution in [0.25, 0.3) is 0 Å². The molecule has 3 nitrogen and oxygen atoms in total. The van der Waals surface area contributed by atoms with Gasteiger partial charge in [-0.25, -0.2) is 4.39 Å². The second-order valence-electron chi connectivity index (χ2n) is 7.20. The molecule has 2 rings (SSSR count). The lowest BCUT2D eigenvalue weighted by atomic mass is 10.1. The SMILES string of the molecule is CC[C@@H](O)CN(CCC(C)C)Cc1cccn1Cc1ccccc1F. The molecule has 4 heteroatoms. The zero-order chi connectivity index (χ0) is 18.2. The Morgan fingerprint density at radius 1 is 1.16 bits per heavy atom. The van der Waals surface area contributed by atoms with Crippen LogP contribution >= 0.6 is 0 Å². The molecule has 25 heavy (non-hydrogen) atoms. The molecular weight excluding hydrogens is 315 g/mol. The minimum absolute atomic E-state index is 0.166. The lowest BCUT2D eigenvalue weighted by molar-refractivity contribution is 0.101. The van der Waals surface area contributed by atoms with Crippen molar-refractivity contribution in [1.82, 2.24) is 9.47 Å². The molecule has 1 aromatic carbocycles.